The predicted octanol–water partition coefficient (Wildman–Crippen LogP) is 16.3. The third-order valence-corrected chi connectivity index (χ3v) is 14.9. The van der Waals surface area contributed by atoms with Crippen LogP contribution in [-0.2, 0) is 6.42 Å². The van der Waals surface area contributed by atoms with Crippen LogP contribution in [0.15, 0.2) is 199 Å². The molecule has 0 amide bonds. The highest BCUT2D eigenvalue weighted by Gasteiger charge is 2.30. The molecule has 1 aliphatic rings. The van der Waals surface area contributed by atoms with E-state index >= 15 is 0 Å². The molecule has 0 saturated heterocycles. The molecule has 1 unspecified atom stereocenters. The second kappa shape index (κ2) is 14.3. The number of nitrogens with zero attached hydrogens (tertiary/aromatic N) is 3. The summed E-state index contributed by atoms with van der Waals surface area (Å²) in [7, 11) is 0. The van der Waals surface area contributed by atoms with Crippen LogP contribution in [0.1, 0.15) is 29.0 Å². The molecular weight excluding hydrogens is 811 g/mol. The Labute approximate surface area is 378 Å². The minimum absolute atomic E-state index is 0.0670. The highest BCUT2D eigenvalue weighted by Crippen LogP contribution is 2.49. The van der Waals surface area contributed by atoms with Crippen molar-refractivity contribution in [2.24, 2.45) is 0 Å². The highest BCUT2D eigenvalue weighted by atomic mass is 32.1. The van der Waals surface area contributed by atoms with E-state index in [9.17, 15) is 0 Å². The van der Waals surface area contributed by atoms with Gasteiger partial charge in [-0.25, -0.2) is 15.0 Å². The van der Waals surface area contributed by atoms with Crippen molar-refractivity contribution in [3.05, 3.63) is 211 Å². The van der Waals surface area contributed by atoms with E-state index in [-0.39, 0.29) is 5.92 Å². The van der Waals surface area contributed by atoms with E-state index in [0.29, 0.717) is 17.5 Å². The summed E-state index contributed by atoms with van der Waals surface area (Å²) in [6, 6.07) is 70.2. The molecule has 0 aliphatic heterocycles. The van der Waals surface area contributed by atoms with Crippen molar-refractivity contribution >= 4 is 85.8 Å². The summed E-state index contributed by atoms with van der Waals surface area (Å²) in [5.74, 6) is 1.95. The number of aryl methyl sites for hydroxylation is 1. The standard InChI is InChI=1S/C60H37N3OS/c1-2-13-37-32-41(22-21-35(37)11-1)58-61-59(42-25-27-46-45-17-8-10-20-53(45)65-54(46)34-42)63-60(62-58)50-30-29-48(57-56(50)49-18-7-9-19-52(49)64-57)44-26-24-40-31-38-14-3-4-15-39(38)33-51(40)55-43-16-6-5-12-36(43)23-28-47(44)55/h1-23,25,27-34,44H,24,26H2. The Morgan fingerprint density at radius 3 is 1.89 bits per heavy atom. The van der Waals surface area contributed by atoms with Gasteiger partial charge in [-0.2, -0.15) is 0 Å². The Hall–Kier alpha value is -7.99. The van der Waals surface area contributed by atoms with Crippen molar-refractivity contribution in [2.75, 3.05) is 0 Å². The van der Waals surface area contributed by atoms with Crippen molar-refractivity contribution in [3.8, 4) is 45.3 Å². The summed E-state index contributed by atoms with van der Waals surface area (Å²) in [5, 5.41) is 11.9. The fourth-order valence-corrected chi connectivity index (χ4v) is 11.8. The Balaban J connectivity index is 0.999. The van der Waals surface area contributed by atoms with Gasteiger partial charge >= 0.3 is 0 Å². The van der Waals surface area contributed by atoms with Crippen molar-refractivity contribution in [1.29, 1.82) is 0 Å². The number of thiophene rings is 1. The molecule has 14 rings (SSSR count). The summed E-state index contributed by atoms with van der Waals surface area (Å²) in [6.45, 7) is 0. The zero-order valence-electron chi connectivity index (χ0n) is 35.1. The van der Waals surface area contributed by atoms with Crippen molar-refractivity contribution in [3.63, 3.8) is 0 Å². The van der Waals surface area contributed by atoms with Crippen molar-refractivity contribution in [2.45, 2.75) is 18.8 Å². The van der Waals surface area contributed by atoms with Gasteiger partial charge in [0.15, 0.2) is 17.5 Å². The van der Waals surface area contributed by atoms with Gasteiger partial charge in [0.2, 0.25) is 0 Å². The molecule has 1 atom stereocenters. The fraction of sp³-hybridized carbons (Fsp3) is 0.0500. The van der Waals surface area contributed by atoms with E-state index in [1.807, 2.05) is 0 Å². The van der Waals surface area contributed by atoms with Crippen LogP contribution in [0.2, 0.25) is 0 Å². The van der Waals surface area contributed by atoms with Crippen molar-refractivity contribution < 1.29 is 4.42 Å². The SMILES string of the molecule is c1ccc2cc(-c3nc(-c4ccc5c(c4)sc4ccccc45)nc(-c4ccc(C5CCc6cc7ccccc7cc6-c6c5ccc5ccccc65)c5oc6ccccc6c45)n3)ccc2c1. The van der Waals surface area contributed by atoms with Crippen LogP contribution >= 0.6 is 11.3 Å². The summed E-state index contributed by atoms with van der Waals surface area (Å²) in [4.78, 5) is 16.0. The molecule has 3 aromatic heterocycles. The Morgan fingerprint density at radius 1 is 0.431 bits per heavy atom. The number of furan rings is 1. The Kier molecular flexibility index (Phi) is 8.01. The first-order valence-corrected chi connectivity index (χ1v) is 23.2. The van der Waals surface area contributed by atoms with Crippen LogP contribution in [0.4, 0.5) is 0 Å². The van der Waals surface area contributed by atoms with E-state index in [1.165, 1.54) is 74.9 Å². The van der Waals surface area contributed by atoms with Gasteiger partial charge in [-0.1, -0.05) is 158 Å². The smallest absolute Gasteiger partial charge is 0.164 e. The normalized spacial score (nSPS) is 13.9. The number of rotatable bonds is 4. The molecule has 0 fully saturated rings. The lowest BCUT2D eigenvalue weighted by Crippen LogP contribution is -2.04. The fourth-order valence-electron chi connectivity index (χ4n) is 10.6. The predicted molar refractivity (Wildman–Crippen MR) is 271 cm³/mol. The average Bonchev–Trinajstić information content (AvgIpc) is 3.90. The first-order chi connectivity index (χ1) is 32.2. The molecule has 1 aliphatic carbocycles. The van der Waals surface area contributed by atoms with E-state index in [4.69, 9.17) is 19.4 Å². The minimum atomic E-state index is 0.0670. The summed E-state index contributed by atoms with van der Waals surface area (Å²) < 4.78 is 9.54. The molecule has 304 valence electrons. The zero-order valence-corrected chi connectivity index (χ0v) is 35.9. The van der Waals surface area contributed by atoms with Crippen LogP contribution in [-0.4, -0.2) is 15.0 Å². The molecule has 3 heterocycles. The number of aromatic nitrogens is 3. The summed E-state index contributed by atoms with van der Waals surface area (Å²) in [5.41, 5.74) is 11.1. The molecule has 5 heteroatoms. The zero-order chi connectivity index (χ0) is 42.6. The van der Waals surface area contributed by atoms with E-state index in [2.05, 4.69) is 194 Å². The number of benzene rings is 10. The van der Waals surface area contributed by atoms with Crippen LogP contribution in [0.25, 0.3) is 120 Å². The van der Waals surface area contributed by atoms with Gasteiger partial charge in [-0.3, -0.25) is 0 Å². The van der Waals surface area contributed by atoms with Gasteiger partial charge in [-0.15, -0.1) is 11.3 Å². The second-order valence-electron chi connectivity index (χ2n) is 17.4. The highest BCUT2D eigenvalue weighted by molar-refractivity contribution is 7.25. The first-order valence-electron chi connectivity index (χ1n) is 22.3. The third-order valence-electron chi connectivity index (χ3n) is 13.7. The maximum Gasteiger partial charge on any atom is 0.164 e. The monoisotopic (exact) mass is 847 g/mol. The molecule has 65 heavy (non-hydrogen) atoms. The van der Waals surface area contributed by atoms with E-state index < -0.39 is 0 Å². The number of hydrogen-bond acceptors (Lipinski definition) is 5. The molecule has 0 radical (unpaired) electrons. The minimum Gasteiger partial charge on any atom is -0.456 e. The van der Waals surface area contributed by atoms with Gasteiger partial charge < -0.3 is 4.42 Å². The molecule has 0 saturated carbocycles. The van der Waals surface area contributed by atoms with Gasteiger partial charge in [0.1, 0.15) is 11.2 Å². The topological polar surface area (TPSA) is 51.8 Å². The van der Waals surface area contributed by atoms with Crippen LogP contribution in [0.5, 0.6) is 0 Å². The van der Waals surface area contributed by atoms with Crippen molar-refractivity contribution in [1.82, 2.24) is 15.0 Å². The lowest BCUT2D eigenvalue weighted by Gasteiger charge is -2.21. The molecule has 0 N–H and O–H groups in total. The second-order valence-corrected chi connectivity index (χ2v) is 18.5. The molecular formula is C60H37N3OS. The lowest BCUT2D eigenvalue weighted by molar-refractivity contribution is 0.647. The van der Waals surface area contributed by atoms with E-state index in [0.717, 1.165) is 56.9 Å². The van der Waals surface area contributed by atoms with Crippen LogP contribution in [0.3, 0.4) is 0 Å². The maximum absolute atomic E-state index is 7.07. The molecule has 4 nitrogen and oxygen atoms in total. The molecule has 13 aromatic rings. The molecule has 10 aromatic carbocycles. The van der Waals surface area contributed by atoms with Crippen LogP contribution in [0, 0.1) is 0 Å². The van der Waals surface area contributed by atoms with Gasteiger partial charge in [-0.05, 0) is 104 Å². The molecule has 0 spiro atoms. The summed E-state index contributed by atoms with van der Waals surface area (Å²) in [6.07, 6.45) is 1.87. The number of fused-ring (bicyclic) bond motifs is 13. The Bertz CT molecular complexity index is 4110. The van der Waals surface area contributed by atoms with Gasteiger partial charge in [0, 0.05) is 59.1 Å². The van der Waals surface area contributed by atoms with E-state index in [1.54, 1.807) is 11.3 Å². The first kappa shape index (κ1) is 36.5. The van der Waals surface area contributed by atoms with Crippen LogP contribution < -0.4 is 0 Å². The van der Waals surface area contributed by atoms with Gasteiger partial charge in [0.25, 0.3) is 0 Å². The summed E-state index contributed by atoms with van der Waals surface area (Å²) >= 11 is 1.80. The molecule has 0 bridgehead atoms. The lowest BCUT2D eigenvalue weighted by atomic mass is 9.82. The number of para-hydroxylation sites is 1. The third kappa shape index (κ3) is 5.79. The Morgan fingerprint density at radius 2 is 1.05 bits per heavy atom. The average molecular weight is 848 g/mol. The number of hydrogen-bond donors (Lipinski definition) is 0. The maximum atomic E-state index is 7.07. The quantitative estimate of drug-likeness (QED) is 0.177. The largest absolute Gasteiger partial charge is 0.456 e. The van der Waals surface area contributed by atoms with Gasteiger partial charge in [0.05, 0.1) is 0 Å².